The van der Waals surface area contributed by atoms with E-state index < -0.39 is 21.2 Å². The van der Waals surface area contributed by atoms with E-state index in [0.29, 0.717) is 57.1 Å². The highest BCUT2D eigenvalue weighted by Gasteiger charge is 2.58. The fraction of sp³-hybridized carbons (Fsp3) is 0.141. The van der Waals surface area contributed by atoms with Crippen molar-refractivity contribution in [2.24, 2.45) is 11.8 Å². The lowest BCUT2D eigenvalue weighted by Gasteiger charge is -2.62. The summed E-state index contributed by atoms with van der Waals surface area (Å²) in [5.74, 6) is 6.22. The Kier molecular flexibility index (Phi) is 19.1. The van der Waals surface area contributed by atoms with Gasteiger partial charge in [-0.15, -0.1) is 0 Å². The van der Waals surface area contributed by atoms with Crippen LogP contribution in [0.1, 0.15) is 115 Å². The van der Waals surface area contributed by atoms with Gasteiger partial charge in [-0.05, 0) is 306 Å². The van der Waals surface area contributed by atoms with Gasteiger partial charge in [-0.2, -0.15) is 0 Å². The van der Waals surface area contributed by atoms with Crippen molar-refractivity contribution in [1.82, 2.24) is 0 Å². The Balaban J connectivity index is 0.000000179. The van der Waals surface area contributed by atoms with Gasteiger partial charge in [0.1, 0.15) is 34.5 Å². The average Bonchev–Trinajstić information content (AvgIpc) is 0.730. The monoisotopic (exact) mass is 1420 g/mol. The van der Waals surface area contributed by atoms with Gasteiger partial charge in [0.2, 0.25) is 9.84 Å². The molecule has 4 saturated carbocycles. The van der Waals surface area contributed by atoms with E-state index in [-0.39, 0.29) is 43.5 Å². The molecule has 12 aromatic rings. The van der Waals surface area contributed by atoms with E-state index in [2.05, 4.69) is 147 Å². The molecule has 0 radical (unpaired) electrons. The smallest absolute Gasteiger partial charge is 0.343 e. The van der Waals surface area contributed by atoms with Gasteiger partial charge in [0, 0.05) is 11.1 Å². The first kappa shape index (κ1) is 69.2. The first-order valence-electron chi connectivity index (χ1n) is 35.2. The Hall–Kier alpha value is -12.5. The second-order valence-electron chi connectivity index (χ2n) is 27.5. The number of ketones is 2. The van der Waals surface area contributed by atoms with Gasteiger partial charge >= 0.3 is 5.97 Å². The minimum Gasteiger partial charge on any atom is -0.497 e. The number of fused-ring (bicyclic) bond motifs is 3. The zero-order valence-electron chi connectivity index (χ0n) is 58.4. The molecule has 0 heterocycles. The third-order valence-corrected chi connectivity index (χ3v) is 22.8. The number of sulfone groups is 1. The molecule has 526 valence electrons. The summed E-state index contributed by atoms with van der Waals surface area (Å²) in [6, 6.07) is 90.5. The number of Topliss-reactive ketones (excluding diaryl/α,β-unsaturated/α-hetero) is 1. The number of methoxy groups -OCH3 is 1. The van der Waals surface area contributed by atoms with E-state index in [1.54, 1.807) is 79.9 Å². The van der Waals surface area contributed by atoms with Crippen LogP contribution in [0.3, 0.4) is 0 Å². The molecule has 4 bridgehead atoms. The van der Waals surface area contributed by atoms with Crippen LogP contribution in [-0.2, 0) is 26.1 Å². The summed E-state index contributed by atoms with van der Waals surface area (Å²) in [4.78, 5) is 59.1. The fourth-order valence-corrected chi connectivity index (χ4v) is 17.6. The number of rotatable bonds is 23. The molecule has 4 fully saturated rings. The van der Waals surface area contributed by atoms with Gasteiger partial charge in [0.15, 0.2) is 34.6 Å². The molecular formula is C92H74O13S. The molecule has 0 aromatic heterocycles. The highest BCUT2D eigenvalue weighted by molar-refractivity contribution is 7.91. The molecule has 14 heteroatoms. The summed E-state index contributed by atoms with van der Waals surface area (Å²) in [5.41, 5.74) is 12.4. The van der Waals surface area contributed by atoms with Gasteiger partial charge in [-0.25, -0.2) is 13.2 Å². The normalized spacial score (nSPS) is 17.5. The summed E-state index contributed by atoms with van der Waals surface area (Å²) in [6.45, 7) is 8.74. The molecule has 2 unspecified atom stereocenters. The minimum atomic E-state index is -3.80. The number of ether oxygens (including phenoxy) is 4. The number of hydrogen-bond donors (Lipinski definition) is 0. The third-order valence-electron chi connectivity index (χ3n) is 21.0. The van der Waals surface area contributed by atoms with Crippen LogP contribution in [0.25, 0.3) is 17.2 Å². The van der Waals surface area contributed by atoms with Crippen LogP contribution in [0.15, 0.2) is 320 Å². The van der Waals surface area contributed by atoms with Crippen molar-refractivity contribution in [2.75, 3.05) is 7.11 Å². The van der Waals surface area contributed by atoms with Crippen LogP contribution in [0.2, 0.25) is 0 Å². The minimum absolute atomic E-state index is 0.0474. The van der Waals surface area contributed by atoms with Gasteiger partial charge in [0.25, 0.3) is 0 Å². The van der Waals surface area contributed by atoms with E-state index in [9.17, 15) is 22.8 Å². The molecule has 2 atom stereocenters. The van der Waals surface area contributed by atoms with E-state index >= 15 is 0 Å². The molecule has 0 amide bonds. The van der Waals surface area contributed by atoms with E-state index in [4.69, 9.17) is 38.5 Å². The first-order chi connectivity index (χ1) is 51.6. The molecule has 0 N–H and O–H groups in total. The van der Waals surface area contributed by atoms with Crippen molar-refractivity contribution in [3.63, 3.8) is 0 Å². The van der Waals surface area contributed by atoms with Crippen LogP contribution in [0, 0.1) is 11.8 Å². The molecule has 106 heavy (non-hydrogen) atoms. The first-order valence-corrected chi connectivity index (χ1v) is 36.7. The number of carbonyl (C=O) groups excluding carboxylic acids is 3. The van der Waals surface area contributed by atoms with Crippen LogP contribution in [0.5, 0.6) is 57.5 Å². The number of carbonyl (C=O) groups is 3. The molecule has 13 nitrogen and oxygen atoms in total. The lowest BCUT2D eigenvalue weighted by atomic mass is 9.42. The van der Waals surface area contributed by atoms with E-state index in [0.717, 1.165) is 35.1 Å². The summed E-state index contributed by atoms with van der Waals surface area (Å²) in [5, 5.41) is 0. The highest BCUT2D eigenvalue weighted by atomic mass is 32.2. The Morgan fingerprint density at radius 3 is 1.14 bits per heavy atom. The largest absolute Gasteiger partial charge is 0.497 e. The molecule has 0 saturated heterocycles. The predicted molar refractivity (Wildman–Crippen MR) is 408 cm³/mol. The van der Waals surface area contributed by atoms with Crippen molar-refractivity contribution >= 4 is 33.4 Å². The fourth-order valence-electron chi connectivity index (χ4n) is 16.3. The Morgan fingerprint density at radius 2 is 0.745 bits per heavy atom. The van der Waals surface area contributed by atoms with Crippen molar-refractivity contribution in [1.29, 1.82) is 0 Å². The molecule has 12 aromatic carbocycles. The molecule has 0 spiro atoms. The van der Waals surface area contributed by atoms with Gasteiger partial charge in [-0.1, -0.05) is 128 Å². The van der Waals surface area contributed by atoms with Crippen LogP contribution >= 0.6 is 0 Å². The zero-order valence-corrected chi connectivity index (χ0v) is 59.2. The maximum atomic E-state index is 13.2. The van der Waals surface area contributed by atoms with Crippen molar-refractivity contribution in [3.8, 4) is 68.6 Å². The maximum absolute atomic E-state index is 13.2. The third kappa shape index (κ3) is 14.0. The molecule has 17 rings (SSSR count). The van der Waals surface area contributed by atoms with Gasteiger partial charge in [0.05, 0.1) is 27.9 Å². The van der Waals surface area contributed by atoms with Crippen LogP contribution in [0.4, 0.5) is 0 Å². The number of esters is 1. The lowest BCUT2D eigenvalue weighted by Crippen LogP contribution is -2.55. The van der Waals surface area contributed by atoms with Gasteiger partial charge in [-0.3, -0.25) is 29.1 Å². The molecule has 5 aliphatic rings. The quantitative estimate of drug-likeness (QED) is 0.0149. The van der Waals surface area contributed by atoms with E-state index in [1.165, 1.54) is 133 Å². The number of allylic oxidation sites excluding steroid dienone is 1. The summed E-state index contributed by atoms with van der Waals surface area (Å²) >= 11 is 0. The molecule has 0 aliphatic heterocycles. The van der Waals surface area contributed by atoms with Crippen molar-refractivity contribution < 1.29 is 61.3 Å². The Labute approximate surface area is 616 Å². The van der Waals surface area contributed by atoms with Crippen molar-refractivity contribution in [2.45, 2.75) is 71.5 Å². The van der Waals surface area contributed by atoms with Crippen molar-refractivity contribution in [3.05, 3.63) is 366 Å². The molecular weight excluding hydrogens is 1350 g/mol. The van der Waals surface area contributed by atoms with E-state index in [1.807, 2.05) is 42.5 Å². The zero-order chi connectivity index (χ0) is 73.0. The van der Waals surface area contributed by atoms with Crippen LogP contribution in [-0.4, -0.2) is 33.1 Å². The topological polar surface area (TPSA) is 159 Å². The molecule has 5 aliphatic carbocycles. The summed E-state index contributed by atoms with van der Waals surface area (Å²) in [7, 11) is -2.10. The van der Waals surface area contributed by atoms with Gasteiger partial charge < -0.3 is 18.9 Å². The van der Waals surface area contributed by atoms with Crippen LogP contribution < -0.4 is 38.5 Å². The maximum Gasteiger partial charge on any atom is 0.343 e. The number of hydrogen-bond acceptors (Lipinski definition) is 13. The highest BCUT2D eigenvalue weighted by Crippen LogP contribution is 2.66. The summed E-state index contributed by atoms with van der Waals surface area (Å²) in [6.07, 6.45) is 10.5. The Morgan fingerprint density at radius 1 is 0.396 bits per heavy atom. The lowest BCUT2D eigenvalue weighted by molar-refractivity contribution is -0.100. The second kappa shape index (κ2) is 29.3. The summed E-state index contributed by atoms with van der Waals surface area (Å²) < 4.78 is 48.9. The second-order valence-corrected chi connectivity index (χ2v) is 29.5. The average molecular weight is 1420 g/mol. The Bertz CT molecular complexity index is 5270. The SMILES string of the molecule is C=CC(=O)c1ccc(OC(=O)c2ccc(Oc3ccc(S(=O)(=O)c4ccc(Oc5ccc(C(C)=O)cc5)cc4)cc3)cc2)cc1.C=Cc1ccc(OOc2ccc(C34CC5CC(C3)CC(c3ccc(OOc6ccc(C7(c8ccc(OC)cc8)c8ccccc8-c8ccccc87)cc6)cc3)(C5)C4)cc2)cc1. The number of benzene rings is 12. The standard InChI is InChI=1S/C56H48O5.C36H26O8S/c1-3-38-12-22-46(23-13-38)58-59-47-26-14-41(15-27-47)54-33-39-32-40(34-54)36-55(35-39,37-54)42-16-28-48(29-17-42)60-61-49-30-20-44(21-31-49)56(43-18-24-45(57-2)25-19-43)52-10-6-4-8-50(52)51-9-5-7-11-53(51)56;1-3-35(38)26-6-12-32(13-7-26)44-36(39)27-8-14-29(15-9-27)43-31-18-22-34(23-19-31)45(40,41)33-20-16-30(17-21-33)42-28-10-4-25(5-11-28)24(2)37/h3-31,39-40H,1,32-37H2,2H3;3-23H,1H2,2H3. The predicted octanol–water partition coefficient (Wildman–Crippen LogP) is 21.1.